The van der Waals surface area contributed by atoms with Gasteiger partial charge in [0.1, 0.15) is 17.5 Å². The molecule has 2 aromatic rings. The topological polar surface area (TPSA) is 26.0 Å². The van der Waals surface area contributed by atoms with Crippen molar-refractivity contribution in [3.05, 3.63) is 68.4 Å². The van der Waals surface area contributed by atoms with Gasteiger partial charge in [-0.05, 0) is 52.2 Å². The fourth-order valence-corrected chi connectivity index (χ4v) is 2.33. The predicted molar refractivity (Wildman–Crippen MR) is 76.1 cm³/mol. The van der Waals surface area contributed by atoms with Crippen molar-refractivity contribution in [2.24, 2.45) is 5.73 Å². The van der Waals surface area contributed by atoms with Gasteiger partial charge in [0.05, 0.1) is 9.50 Å². The smallest absolute Gasteiger partial charge is 0.143 e. The largest absolute Gasteiger partial charge is 0.324 e. The average Bonchev–Trinajstić information content (AvgIpc) is 2.42. The monoisotopic (exact) mass is 363 g/mol. The van der Waals surface area contributed by atoms with Gasteiger partial charge < -0.3 is 5.73 Å². The summed E-state index contributed by atoms with van der Waals surface area (Å²) >= 11 is 8.56. The molecule has 106 valence electrons. The molecule has 6 heteroatoms. The maximum atomic E-state index is 13.8. The van der Waals surface area contributed by atoms with E-state index < -0.39 is 23.5 Å². The van der Waals surface area contributed by atoms with Crippen LogP contribution in [0, 0.1) is 17.5 Å². The molecule has 2 N–H and O–H groups in total. The normalized spacial score (nSPS) is 12.5. The van der Waals surface area contributed by atoms with Crippen LogP contribution in [-0.2, 0) is 6.42 Å². The Hall–Kier alpha value is -1.04. The number of hydrogen-bond donors (Lipinski definition) is 1. The minimum atomic E-state index is -0.736. The lowest BCUT2D eigenvalue weighted by Gasteiger charge is -2.14. The zero-order chi connectivity index (χ0) is 14.9. The van der Waals surface area contributed by atoms with E-state index in [-0.39, 0.29) is 21.5 Å². The Balaban J connectivity index is 2.30. The van der Waals surface area contributed by atoms with Gasteiger partial charge >= 0.3 is 0 Å². The Morgan fingerprint density at radius 1 is 1.10 bits per heavy atom. The third-order valence-electron chi connectivity index (χ3n) is 2.93. The van der Waals surface area contributed by atoms with Gasteiger partial charge in [-0.3, -0.25) is 0 Å². The third kappa shape index (κ3) is 3.16. The van der Waals surface area contributed by atoms with E-state index in [1.807, 2.05) is 0 Å². The Morgan fingerprint density at radius 2 is 1.80 bits per heavy atom. The van der Waals surface area contributed by atoms with E-state index in [4.69, 9.17) is 17.3 Å². The van der Waals surface area contributed by atoms with Crippen LogP contribution in [0.4, 0.5) is 13.2 Å². The van der Waals surface area contributed by atoms with Gasteiger partial charge in [0.25, 0.3) is 0 Å². The van der Waals surface area contributed by atoms with Crippen LogP contribution in [0.5, 0.6) is 0 Å². The molecule has 20 heavy (non-hydrogen) atoms. The molecule has 0 amide bonds. The fraction of sp³-hybridized carbons (Fsp3) is 0.143. The van der Waals surface area contributed by atoms with Crippen LogP contribution in [0.15, 0.2) is 34.8 Å². The molecule has 0 saturated heterocycles. The van der Waals surface area contributed by atoms with Crippen molar-refractivity contribution in [3.63, 3.8) is 0 Å². The highest BCUT2D eigenvalue weighted by Crippen LogP contribution is 2.27. The Morgan fingerprint density at radius 3 is 2.45 bits per heavy atom. The predicted octanol–water partition coefficient (Wildman–Crippen LogP) is 4.76. The number of hydrogen-bond acceptors (Lipinski definition) is 1. The second kappa shape index (κ2) is 6.16. The molecular weight excluding hydrogens is 355 g/mol. The standard InChI is InChI=1S/C14H10BrClF3N/c15-9-2-4-11(17)8(14(9)19)6-13(20)7-1-3-10(16)12(18)5-7/h1-5,13H,6,20H2. The van der Waals surface area contributed by atoms with E-state index in [9.17, 15) is 13.2 Å². The van der Waals surface area contributed by atoms with Crippen LogP contribution in [0.25, 0.3) is 0 Å². The molecule has 2 rings (SSSR count). The van der Waals surface area contributed by atoms with Gasteiger partial charge in [0.2, 0.25) is 0 Å². The van der Waals surface area contributed by atoms with Crippen LogP contribution < -0.4 is 5.73 Å². The Labute approximate surface area is 127 Å². The zero-order valence-electron chi connectivity index (χ0n) is 10.1. The summed E-state index contributed by atoms with van der Waals surface area (Å²) in [5.74, 6) is -2.00. The molecule has 0 saturated carbocycles. The summed E-state index contributed by atoms with van der Waals surface area (Å²) in [6, 6.07) is 5.75. The molecule has 1 unspecified atom stereocenters. The van der Waals surface area contributed by atoms with Gasteiger partial charge in [0.15, 0.2) is 0 Å². The summed E-state index contributed by atoms with van der Waals surface area (Å²) in [7, 11) is 0. The fourth-order valence-electron chi connectivity index (χ4n) is 1.84. The minimum Gasteiger partial charge on any atom is -0.324 e. The van der Waals surface area contributed by atoms with Gasteiger partial charge in [-0.25, -0.2) is 13.2 Å². The first kappa shape index (κ1) is 15.4. The van der Waals surface area contributed by atoms with Crippen molar-refractivity contribution >= 4 is 27.5 Å². The number of nitrogens with two attached hydrogens (primary N) is 1. The lowest BCUT2D eigenvalue weighted by atomic mass is 9.99. The first-order valence-electron chi connectivity index (χ1n) is 5.73. The molecule has 0 radical (unpaired) electrons. The molecule has 0 aromatic heterocycles. The van der Waals surface area contributed by atoms with Crippen molar-refractivity contribution in [3.8, 4) is 0 Å². The zero-order valence-corrected chi connectivity index (χ0v) is 12.5. The molecule has 0 bridgehead atoms. The van der Waals surface area contributed by atoms with E-state index in [2.05, 4.69) is 15.9 Å². The van der Waals surface area contributed by atoms with E-state index in [1.54, 1.807) is 0 Å². The summed E-state index contributed by atoms with van der Waals surface area (Å²) in [4.78, 5) is 0. The molecule has 0 spiro atoms. The van der Waals surface area contributed by atoms with Crippen molar-refractivity contribution in [1.82, 2.24) is 0 Å². The number of rotatable bonds is 3. The van der Waals surface area contributed by atoms with Crippen molar-refractivity contribution in [2.75, 3.05) is 0 Å². The highest BCUT2D eigenvalue weighted by atomic mass is 79.9. The first-order valence-corrected chi connectivity index (χ1v) is 6.90. The second-order valence-electron chi connectivity index (χ2n) is 4.31. The SMILES string of the molecule is NC(Cc1c(F)ccc(Br)c1F)c1ccc(Cl)c(F)c1. The van der Waals surface area contributed by atoms with Gasteiger partial charge in [-0.1, -0.05) is 17.7 Å². The molecule has 0 heterocycles. The molecule has 0 aliphatic heterocycles. The number of benzene rings is 2. The molecule has 0 aliphatic carbocycles. The molecule has 1 atom stereocenters. The van der Waals surface area contributed by atoms with E-state index in [0.717, 1.165) is 6.07 Å². The van der Waals surface area contributed by atoms with Gasteiger partial charge in [-0.2, -0.15) is 0 Å². The van der Waals surface area contributed by atoms with E-state index in [0.29, 0.717) is 5.56 Å². The van der Waals surface area contributed by atoms with Crippen LogP contribution >= 0.6 is 27.5 Å². The first-order chi connectivity index (χ1) is 9.40. The second-order valence-corrected chi connectivity index (χ2v) is 5.57. The minimum absolute atomic E-state index is 0.0271. The highest BCUT2D eigenvalue weighted by molar-refractivity contribution is 9.10. The summed E-state index contributed by atoms with van der Waals surface area (Å²) < 4.78 is 41.0. The van der Waals surface area contributed by atoms with Gasteiger partial charge in [0, 0.05) is 11.6 Å². The Kier molecular flexibility index (Phi) is 4.73. The van der Waals surface area contributed by atoms with Crippen LogP contribution in [0.3, 0.4) is 0 Å². The third-order valence-corrected chi connectivity index (χ3v) is 3.85. The summed E-state index contributed by atoms with van der Waals surface area (Å²) in [5, 5.41) is -0.0271. The van der Waals surface area contributed by atoms with Gasteiger partial charge in [-0.15, -0.1) is 0 Å². The average molecular weight is 365 g/mol. The van der Waals surface area contributed by atoms with E-state index >= 15 is 0 Å². The summed E-state index contributed by atoms with van der Waals surface area (Å²) in [6.45, 7) is 0. The van der Waals surface area contributed by atoms with Crippen molar-refractivity contribution in [1.29, 1.82) is 0 Å². The van der Waals surface area contributed by atoms with Crippen LogP contribution in [0.1, 0.15) is 17.2 Å². The maximum absolute atomic E-state index is 13.8. The van der Waals surface area contributed by atoms with Crippen LogP contribution in [-0.4, -0.2) is 0 Å². The Bertz CT molecular complexity index is 649. The lowest BCUT2D eigenvalue weighted by molar-refractivity contribution is 0.535. The highest BCUT2D eigenvalue weighted by Gasteiger charge is 2.17. The molecule has 1 nitrogen and oxygen atoms in total. The van der Waals surface area contributed by atoms with Crippen molar-refractivity contribution < 1.29 is 13.2 Å². The van der Waals surface area contributed by atoms with E-state index in [1.165, 1.54) is 24.3 Å². The lowest BCUT2D eigenvalue weighted by Crippen LogP contribution is -2.15. The molecule has 0 fully saturated rings. The number of halogens is 5. The maximum Gasteiger partial charge on any atom is 0.143 e. The summed E-state index contributed by atoms with van der Waals surface area (Å²) in [5.41, 5.74) is 6.16. The van der Waals surface area contributed by atoms with Crippen molar-refractivity contribution in [2.45, 2.75) is 12.5 Å². The molecular formula is C14H10BrClF3N. The molecule has 0 aliphatic rings. The quantitative estimate of drug-likeness (QED) is 0.781. The van der Waals surface area contributed by atoms with Crippen LogP contribution in [0.2, 0.25) is 5.02 Å². The molecule has 2 aromatic carbocycles. The summed E-state index contributed by atoms with van der Waals surface area (Å²) in [6.07, 6.45) is -0.0851.